The minimum absolute atomic E-state index is 0.334. The Morgan fingerprint density at radius 3 is 3.10 bits per heavy atom. The second-order valence-corrected chi connectivity index (χ2v) is 5.66. The highest BCUT2D eigenvalue weighted by Gasteiger charge is 2.21. The van der Waals surface area contributed by atoms with Crippen LogP contribution in [0.5, 0.6) is 0 Å². The lowest BCUT2D eigenvalue weighted by Crippen LogP contribution is -2.37. The standard InChI is InChI=1S/C15H27N5O/c1-3-4-7-17-13-9-14(19-15(16)18-13)20-8-5-6-12(10-20)11-21-2/h9,12H,3-8,10-11H2,1-2H3,(H3,16,17,18,19)/t12-/m1/s1. The molecule has 6 nitrogen and oxygen atoms in total. The topological polar surface area (TPSA) is 76.3 Å². The number of hydrogen-bond donors (Lipinski definition) is 2. The fourth-order valence-corrected chi connectivity index (χ4v) is 2.74. The molecule has 118 valence electrons. The molecule has 21 heavy (non-hydrogen) atoms. The van der Waals surface area contributed by atoms with Gasteiger partial charge in [0.05, 0.1) is 6.61 Å². The number of anilines is 3. The molecule has 0 aliphatic carbocycles. The van der Waals surface area contributed by atoms with Gasteiger partial charge in [-0.25, -0.2) is 0 Å². The molecular formula is C15H27N5O. The fourth-order valence-electron chi connectivity index (χ4n) is 2.74. The highest BCUT2D eigenvalue weighted by molar-refractivity contribution is 5.52. The van der Waals surface area contributed by atoms with E-state index in [1.54, 1.807) is 7.11 Å². The zero-order valence-corrected chi connectivity index (χ0v) is 13.1. The summed E-state index contributed by atoms with van der Waals surface area (Å²) >= 11 is 0. The van der Waals surface area contributed by atoms with Crippen LogP contribution in [0.25, 0.3) is 0 Å². The van der Waals surface area contributed by atoms with Gasteiger partial charge in [-0.2, -0.15) is 9.97 Å². The van der Waals surface area contributed by atoms with E-state index < -0.39 is 0 Å². The highest BCUT2D eigenvalue weighted by atomic mass is 16.5. The van der Waals surface area contributed by atoms with Crippen LogP contribution in [0.15, 0.2) is 6.07 Å². The van der Waals surface area contributed by atoms with Gasteiger partial charge in [-0.05, 0) is 25.2 Å². The molecule has 2 rings (SSSR count). The predicted molar refractivity (Wildman–Crippen MR) is 86.7 cm³/mol. The van der Waals surface area contributed by atoms with Crippen molar-refractivity contribution in [3.05, 3.63) is 6.07 Å². The minimum Gasteiger partial charge on any atom is -0.384 e. The van der Waals surface area contributed by atoms with Crippen molar-refractivity contribution >= 4 is 17.6 Å². The summed E-state index contributed by atoms with van der Waals surface area (Å²) < 4.78 is 5.28. The van der Waals surface area contributed by atoms with E-state index in [9.17, 15) is 0 Å². The lowest BCUT2D eigenvalue weighted by molar-refractivity contribution is 0.143. The van der Waals surface area contributed by atoms with Gasteiger partial charge in [-0.3, -0.25) is 0 Å². The van der Waals surface area contributed by atoms with Gasteiger partial charge >= 0.3 is 0 Å². The molecular weight excluding hydrogens is 266 g/mol. The van der Waals surface area contributed by atoms with Crippen LogP contribution < -0.4 is 16.0 Å². The molecule has 0 aromatic carbocycles. The number of aromatic nitrogens is 2. The third-order valence-electron chi connectivity index (χ3n) is 3.81. The lowest BCUT2D eigenvalue weighted by atomic mass is 9.99. The van der Waals surface area contributed by atoms with Crippen LogP contribution in [0.1, 0.15) is 32.6 Å². The van der Waals surface area contributed by atoms with E-state index in [-0.39, 0.29) is 0 Å². The number of methoxy groups -OCH3 is 1. The zero-order chi connectivity index (χ0) is 15.1. The molecule has 0 radical (unpaired) electrons. The molecule has 3 N–H and O–H groups in total. The Morgan fingerprint density at radius 1 is 1.48 bits per heavy atom. The van der Waals surface area contributed by atoms with E-state index in [0.29, 0.717) is 11.9 Å². The van der Waals surface area contributed by atoms with E-state index in [1.807, 2.05) is 6.07 Å². The van der Waals surface area contributed by atoms with Crippen LogP contribution in [0.2, 0.25) is 0 Å². The number of ether oxygens (including phenoxy) is 1. The molecule has 6 heteroatoms. The zero-order valence-electron chi connectivity index (χ0n) is 13.1. The molecule has 0 unspecified atom stereocenters. The number of nitrogens with zero attached hydrogens (tertiary/aromatic N) is 3. The number of hydrogen-bond acceptors (Lipinski definition) is 6. The Labute approximate surface area is 127 Å². The maximum Gasteiger partial charge on any atom is 0.223 e. The molecule has 1 aromatic rings. The van der Waals surface area contributed by atoms with Crippen LogP contribution in [-0.2, 0) is 4.74 Å². The quantitative estimate of drug-likeness (QED) is 0.750. The van der Waals surface area contributed by atoms with Gasteiger partial charge in [-0.15, -0.1) is 0 Å². The number of nitrogen functional groups attached to an aromatic ring is 1. The van der Waals surface area contributed by atoms with Crippen LogP contribution in [-0.4, -0.2) is 43.3 Å². The summed E-state index contributed by atoms with van der Waals surface area (Å²) in [4.78, 5) is 10.9. The minimum atomic E-state index is 0.334. The normalized spacial score (nSPS) is 18.8. The largest absolute Gasteiger partial charge is 0.384 e. The van der Waals surface area contributed by atoms with Crippen molar-refractivity contribution in [2.45, 2.75) is 32.6 Å². The Hall–Kier alpha value is -1.56. The van der Waals surface area contributed by atoms with E-state index in [4.69, 9.17) is 10.5 Å². The molecule has 0 spiro atoms. The summed E-state index contributed by atoms with van der Waals surface area (Å²) in [5.41, 5.74) is 5.85. The number of rotatable bonds is 7. The van der Waals surface area contributed by atoms with Crippen molar-refractivity contribution in [3.8, 4) is 0 Å². The van der Waals surface area contributed by atoms with Gasteiger partial charge < -0.3 is 20.7 Å². The first-order valence-corrected chi connectivity index (χ1v) is 7.85. The van der Waals surface area contributed by atoms with Crippen LogP contribution in [0, 0.1) is 5.92 Å². The third-order valence-corrected chi connectivity index (χ3v) is 3.81. The smallest absolute Gasteiger partial charge is 0.223 e. The first-order chi connectivity index (χ1) is 10.2. The Balaban J connectivity index is 2.04. The van der Waals surface area contributed by atoms with Crippen molar-refractivity contribution < 1.29 is 4.74 Å². The first kappa shape index (κ1) is 15.8. The van der Waals surface area contributed by atoms with E-state index in [2.05, 4.69) is 27.1 Å². The number of nitrogens with two attached hydrogens (primary N) is 1. The van der Waals surface area contributed by atoms with Crippen LogP contribution in [0.3, 0.4) is 0 Å². The van der Waals surface area contributed by atoms with Gasteiger partial charge in [0.25, 0.3) is 0 Å². The second-order valence-electron chi connectivity index (χ2n) is 5.66. The predicted octanol–water partition coefficient (Wildman–Crippen LogP) is 2.13. The second kappa shape index (κ2) is 8.02. The van der Waals surface area contributed by atoms with Crippen molar-refractivity contribution in [2.75, 3.05) is 49.3 Å². The molecule has 0 saturated carbocycles. The molecule has 2 heterocycles. The van der Waals surface area contributed by atoms with Crippen molar-refractivity contribution in [1.82, 2.24) is 9.97 Å². The summed E-state index contributed by atoms with van der Waals surface area (Å²) in [6, 6.07) is 2.00. The molecule has 1 fully saturated rings. The Bertz CT molecular complexity index is 438. The van der Waals surface area contributed by atoms with Gasteiger partial charge in [-0.1, -0.05) is 13.3 Å². The van der Waals surface area contributed by atoms with Gasteiger partial charge in [0.2, 0.25) is 5.95 Å². The van der Waals surface area contributed by atoms with Crippen LogP contribution in [0.4, 0.5) is 17.6 Å². The third kappa shape index (κ3) is 4.74. The van der Waals surface area contributed by atoms with Crippen molar-refractivity contribution in [1.29, 1.82) is 0 Å². The number of piperidine rings is 1. The fraction of sp³-hybridized carbons (Fsp3) is 0.733. The number of nitrogens with one attached hydrogen (secondary N) is 1. The van der Waals surface area contributed by atoms with E-state index >= 15 is 0 Å². The first-order valence-electron chi connectivity index (χ1n) is 7.85. The van der Waals surface area contributed by atoms with Crippen molar-refractivity contribution in [2.24, 2.45) is 5.92 Å². The Morgan fingerprint density at radius 2 is 2.33 bits per heavy atom. The van der Waals surface area contributed by atoms with Gasteiger partial charge in [0.15, 0.2) is 0 Å². The summed E-state index contributed by atoms with van der Waals surface area (Å²) in [7, 11) is 1.76. The van der Waals surface area contributed by atoms with E-state index in [0.717, 1.165) is 57.1 Å². The number of unbranched alkanes of at least 4 members (excludes halogenated alkanes) is 1. The van der Waals surface area contributed by atoms with Gasteiger partial charge in [0.1, 0.15) is 11.6 Å². The molecule has 1 aliphatic heterocycles. The molecule has 1 aliphatic rings. The SMILES string of the molecule is CCCCNc1cc(N2CCC[C@@H](COC)C2)nc(N)n1. The lowest BCUT2D eigenvalue weighted by Gasteiger charge is -2.33. The monoisotopic (exact) mass is 293 g/mol. The molecule has 0 bridgehead atoms. The van der Waals surface area contributed by atoms with Crippen molar-refractivity contribution in [3.63, 3.8) is 0 Å². The molecule has 1 aromatic heterocycles. The molecule has 1 atom stereocenters. The van der Waals surface area contributed by atoms with Gasteiger partial charge in [0, 0.05) is 32.8 Å². The van der Waals surface area contributed by atoms with Crippen LogP contribution >= 0.6 is 0 Å². The summed E-state index contributed by atoms with van der Waals surface area (Å²) in [6.45, 7) is 5.88. The summed E-state index contributed by atoms with van der Waals surface area (Å²) in [5.74, 6) is 2.64. The maximum atomic E-state index is 5.85. The maximum absolute atomic E-state index is 5.85. The average molecular weight is 293 g/mol. The van der Waals surface area contributed by atoms with E-state index in [1.165, 1.54) is 6.42 Å². The summed E-state index contributed by atoms with van der Waals surface area (Å²) in [6.07, 6.45) is 4.66. The highest BCUT2D eigenvalue weighted by Crippen LogP contribution is 2.24. The molecule has 0 amide bonds. The average Bonchev–Trinajstić information content (AvgIpc) is 2.48. The summed E-state index contributed by atoms with van der Waals surface area (Å²) in [5, 5.41) is 3.32. The Kier molecular flexibility index (Phi) is 6.04. The molecule has 1 saturated heterocycles.